The molecule has 0 saturated heterocycles. The molecule has 2 rings (SSSR count). The molecule has 0 aliphatic carbocycles. The van der Waals surface area contributed by atoms with E-state index in [1.165, 1.54) is 0 Å². The number of halogens is 1. The fourth-order valence-electron chi connectivity index (χ4n) is 1.72. The van der Waals surface area contributed by atoms with Crippen LogP contribution in [0, 0.1) is 0 Å². The molecular weight excluding hydrogens is 288 g/mol. The van der Waals surface area contributed by atoms with Crippen LogP contribution in [0.4, 0.5) is 11.4 Å². The summed E-state index contributed by atoms with van der Waals surface area (Å²) in [5.74, 6) is -0.234. The second kappa shape index (κ2) is 7.11. The van der Waals surface area contributed by atoms with Crippen LogP contribution in [-0.4, -0.2) is 12.0 Å². The fraction of sp³-hybridized carbons (Fsp3) is 0.188. The Bertz CT molecular complexity index is 614. The summed E-state index contributed by atoms with van der Waals surface area (Å²) in [6, 6.07) is 14.4. The average Bonchev–Trinajstić information content (AvgIpc) is 2.48. The van der Waals surface area contributed by atoms with E-state index in [9.17, 15) is 4.79 Å². The number of para-hydroxylation sites is 2. The van der Waals surface area contributed by atoms with Gasteiger partial charge in [0, 0.05) is 5.02 Å². The number of benzene rings is 2. The zero-order chi connectivity index (χ0) is 15.2. The molecule has 0 radical (unpaired) electrons. The molecule has 5 heteroatoms. The van der Waals surface area contributed by atoms with E-state index in [1.807, 2.05) is 24.3 Å². The van der Waals surface area contributed by atoms with Crippen LogP contribution in [0.15, 0.2) is 48.5 Å². The van der Waals surface area contributed by atoms with Crippen LogP contribution >= 0.6 is 11.6 Å². The van der Waals surface area contributed by atoms with Gasteiger partial charge in [0.25, 0.3) is 5.91 Å². The second-order valence-electron chi connectivity index (χ2n) is 4.66. The van der Waals surface area contributed by atoms with Gasteiger partial charge in [-0.05, 0) is 36.8 Å². The van der Waals surface area contributed by atoms with Crippen LogP contribution < -0.4 is 11.1 Å². The Morgan fingerprint density at radius 3 is 2.57 bits per heavy atom. The molecule has 0 spiro atoms. The Morgan fingerprint density at radius 2 is 1.90 bits per heavy atom. The van der Waals surface area contributed by atoms with E-state index < -0.39 is 6.10 Å². The van der Waals surface area contributed by atoms with Crippen molar-refractivity contribution >= 4 is 28.9 Å². The average molecular weight is 305 g/mol. The zero-order valence-corrected chi connectivity index (χ0v) is 12.4. The minimum atomic E-state index is -0.583. The number of carbonyl (C=O) groups excluding carboxylic acids is 1. The quantitative estimate of drug-likeness (QED) is 0.831. The lowest BCUT2D eigenvalue weighted by Gasteiger charge is -2.14. The Labute approximate surface area is 128 Å². The van der Waals surface area contributed by atoms with Crippen molar-refractivity contribution in [2.24, 2.45) is 0 Å². The molecule has 110 valence electrons. The van der Waals surface area contributed by atoms with Crippen LogP contribution in [0.1, 0.15) is 12.5 Å². The van der Waals surface area contributed by atoms with Crippen molar-refractivity contribution in [3.05, 3.63) is 59.1 Å². The molecule has 1 unspecified atom stereocenters. The number of nitrogens with two attached hydrogens (primary N) is 1. The van der Waals surface area contributed by atoms with E-state index in [-0.39, 0.29) is 5.91 Å². The van der Waals surface area contributed by atoms with E-state index in [0.29, 0.717) is 23.0 Å². The molecule has 0 heterocycles. The van der Waals surface area contributed by atoms with E-state index in [2.05, 4.69) is 5.32 Å². The Morgan fingerprint density at radius 1 is 1.24 bits per heavy atom. The fourth-order valence-corrected chi connectivity index (χ4v) is 1.85. The van der Waals surface area contributed by atoms with Crippen molar-refractivity contribution < 1.29 is 9.53 Å². The summed E-state index contributed by atoms with van der Waals surface area (Å²) in [5.41, 5.74) is 7.85. The van der Waals surface area contributed by atoms with E-state index >= 15 is 0 Å². The Hall–Kier alpha value is -2.04. The van der Waals surface area contributed by atoms with Gasteiger partial charge < -0.3 is 15.8 Å². The van der Waals surface area contributed by atoms with Crippen molar-refractivity contribution in [2.75, 3.05) is 11.1 Å². The predicted octanol–water partition coefficient (Wildman–Crippen LogP) is 3.47. The lowest BCUT2D eigenvalue weighted by molar-refractivity contribution is -0.127. The van der Waals surface area contributed by atoms with Gasteiger partial charge >= 0.3 is 0 Å². The number of amides is 1. The molecule has 0 bridgehead atoms. The van der Waals surface area contributed by atoms with Crippen LogP contribution in [-0.2, 0) is 16.1 Å². The highest BCUT2D eigenvalue weighted by molar-refractivity contribution is 6.30. The lowest BCUT2D eigenvalue weighted by Crippen LogP contribution is -2.27. The van der Waals surface area contributed by atoms with E-state index in [4.69, 9.17) is 22.1 Å². The lowest BCUT2D eigenvalue weighted by atomic mass is 10.2. The summed E-state index contributed by atoms with van der Waals surface area (Å²) in [6.07, 6.45) is -0.583. The van der Waals surface area contributed by atoms with Gasteiger partial charge in [-0.2, -0.15) is 0 Å². The standard InChI is InChI=1S/C16H17ClN2O2/c1-11(21-10-12-6-8-13(17)9-7-12)16(20)19-15-5-3-2-4-14(15)18/h2-9,11H,10,18H2,1H3,(H,19,20). The van der Waals surface area contributed by atoms with Crippen LogP contribution in [0.25, 0.3) is 0 Å². The molecule has 1 amide bonds. The smallest absolute Gasteiger partial charge is 0.253 e. The predicted molar refractivity (Wildman–Crippen MR) is 85.2 cm³/mol. The summed E-state index contributed by atoms with van der Waals surface area (Å²) in [6.45, 7) is 2.04. The third-order valence-electron chi connectivity index (χ3n) is 3.00. The minimum absolute atomic E-state index is 0.234. The minimum Gasteiger partial charge on any atom is -0.397 e. The molecule has 0 aliphatic rings. The van der Waals surface area contributed by atoms with E-state index in [0.717, 1.165) is 5.56 Å². The molecule has 0 aromatic heterocycles. The molecular formula is C16H17ClN2O2. The topological polar surface area (TPSA) is 64.3 Å². The SMILES string of the molecule is CC(OCc1ccc(Cl)cc1)C(=O)Nc1ccccc1N. The Kier molecular flexibility index (Phi) is 5.20. The highest BCUT2D eigenvalue weighted by Crippen LogP contribution is 2.17. The van der Waals surface area contributed by atoms with Gasteiger partial charge in [-0.25, -0.2) is 0 Å². The van der Waals surface area contributed by atoms with E-state index in [1.54, 1.807) is 31.2 Å². The number of ether oxygens (including phenoxy) is 1. The number of anilines is 2. The number of rotatable bonds is 5. The summed E-state index contributed by atoms with van der Waals surface area (Å²) in [7, 11) is 0. The first kappa shape index (κ1) is 15.4. The van der Waals surface area contributed by atoms with Crippen molar-refractivity contribution in [1.82, 2.24) is 0 Å². The van der Waals surface area contributed by atoms with Gasteiger partial charge in [0.05, 0.1) is 18.0 Å². The summed E-state index contributed by atoms with van der Waals surface area (Å²) in [5, 5.41) is 3.42. The number of carbonyl (C=O) groups is 1. The van der Waals surface area contributed by atoms with Gasteiger partial charge in [0.15, 0.2) is 0 Å². The number of hydrogen-bond donors (Lipinski definition) is 2. The third kappa shape index (κ3) is 4.48. The highest BCUT2D eigenvalue weighted by Gasteiger charge is 2.14. The van der Waals surface area contributed by atoms with Gasteiger partial charge in [-0.1, -0.05) is 35.9 Å². The largest absolute Gasteiger partial charge is 0.397 e. The van der Waals surface area contributed by atoms with Crippen molar-refractivity contribution in [3.8, 4) is 0 Å². The maximum absolute atomic E-state index is 12.0. The van der Waals surface area contributed by atoms with Crippen LogP contribution in [0.3, 0.4) is 0 Å². The first-order valence-electron chi connectivity index (χ1n) is 6.57. The van der Waals surface area contributed by atoms with Crippen molar-refractivity contribution in [2.45, 2.75) is 19.6 Å². The monoisotopic (exact) mass is 304 g/mol. The molecule has 0 fully saturated rings. The Balaban J connectivity index is 1.88. The highest BCUT2D eigenvalue weighted by atomic mass is 35.5. The van der Waals surface area contributed by atoms with Gasteiger partial charge in [-0.3, -0.25) is 4.79 Å². The molecule has 4 nitrogen and oxygen atoms in total. The molecule has 0 aliphatic heterocycles. The summed E-state index contributed by atoms with van der Waals surface area (Å²) >= 11 is 5.81. The first-order valence-corrected chi connectivity index (χ1v) is 6.95. The van der Waals surface area contributed by atoms with Gasteiger partial charge in [0.2, 0.25) is 0 Å². The van der Waals surface area contributed by atoms with Crippen LogP contribution in [0.2, 0.25) is 5.02 Å². The molecule has 21 heavy (non-hydrogen) atoms. The third-order valence-corrected chi connectivity index (χ3v) is 3.25. The summed E-state index contributed by atoms with van der Waals surface area (Å²) in [4.78, 5) is 12.0. The van der Waals surface area contributed by atoms with Crippen LogP contribution in [0.5, 0.6) is 0 Å². The van der Waals surface area contributed by atoms with Crippen molar-refractivity contribution in [3.63, 3.8) is 0 Å². The molecule has 1 atom stereocenters. The summed E-state index contributed by atoms with van der Waals surface area (Å²) < 4.78 is 5.55. The zero-order valence-electron chi connectivity index (χ0n) is 11.7. The number of nitrogen functional groups attached to an aromatic ring is 1. The molecule has 3 N–H and O–H groups in total. The molecule has 0 saturated carbocycles. The first-order chi connectivity index (χ1) is 10.1. The number of hydrogen-bond acceptors (Lipinski definition) is 3. The molecule has 2 aromatic rings. The normalized spacial score (nSPS) is 11.9. The maximum atomic E-state index is 12.0. The maximum Gasteiger partial charge on any atom is 0.253 e. The molecule has 2 aromatic carbocycles. The second-order valence-corrected chi connectivity index (χ2v) is 5.09. The number of nitrogens with one attached hydrogen (secondary N) is 1. The van der Waals surface area contributed by atoms with Gasteiger partial charge in [-0.15, -0.1) is 0 Å². The van der Waals surface area contributed by atoms with Crippen molar-refractivity contribution in [1.29, 1.82) is 0 Å². The van der Waals surface area contributed by atoms with Gasteiger partial charge in [0.1, 0.15) is 6.10 Å².